The molecular weight excluding hydrogens is 278 g/mol. The fourth-order valence-electron chi connectivity index (χ4n) is 1.67. The average molecular weight is 297 g/mol. The van der Waals surface area contributed by atoms with Crippen LogP contribution in [0.5, 0.6) is 5.75 Å². The molecule has 110 valence electrons. The molecule has 1 aromatic rings. The zero-order chi connectivity index (χ0) is 15.1. The summed E-state index contributed by atoms with van der Waals surface area (Å²) in [6.07, 6.45) is 1.27. The minimum atomic E-state index is -1.03. The van der Waals surface area contributed by atoms with Gasteiger partial charge in [0.2, 0.25) is 0 Å². The third kappa shape index (κ3) is 4.77. The summed E-state index contributed by atoms with van der Waals surface area (Å²) in [4.78, 5) is 25.1. The second-order valence-corrected chi connectivity index (χ2v) is 5.06. The first-order valence-corrected chi connectivity index (χ1v) is 7.51. The van der Waals surface area contributed by atoms with E-state index in [2.05, 4.69) is 0 Å². The fraction of sp³-hybridized carbons (Fsp3) is 0.429. The standard InChI is InChI=1S/C14H19NO4S/c1-4-15(9-13(16)17)14(18)10(2)19-11-5-7-12(20-3)8-6-11/h5-8,10H,4,9H2,1-3H3,(H,16,17). The number of hydrogen-bond donors (Lipinski definition) is 1. The Balaban J connectivity index is 2.65. The van der Waals surface area contributed by atoms with Crippen LogP contribution in [-0.4, -0.2) is 47.3 Å². The molecule has 0 heterocycles. The number of thioether (sulfide) groups is 1. The van der Waals surface area contributed by atoms with Gasteiger partial charge in [0.1, 0.15) is 12.3 Å². The molecule has 1 N–H and O–H groups in total. The van der Waals surface area contributed by atoms with Crippen molar-refractivity contribution in [2.75, 3.05) is 19.3 Å². The first kappa shape index (κ1) is 16.4. The number of carbonyl (C=O) groups is 2. The lowest BCUT2D eigenvalue weighted by Crippen LogP contribution is -2.43. The van der Waals surface area contributed by atoms with Gasteiger partial charge in [0, 0.05) is 11.4 Å². The molecule has 0 fully saturated rings. The molecule has 0 saturated carbocycles. The van der Waals surface area contributed by atoms with E-state index in [1.54, 1.807) is 37.7 Å². The molecule has 0 radical (unpaired) electrons. The van der Waals surface area contributed by atoms with Crippen LogP contribution in [0, 0.1) is 0 Å². The number of benzene rings is 1. The summed E-state index contributed by atoms with van der Waals surface area (Å²) >= 11 is 1.62. The number of ether oxygens (including phenoxy) is 1. The second-order valence-electron chi connectivity index (χ2n) is 4.18. The van der Waals surface area contributed by atoms with Gasteiger partial charge in [-0.15, -0.1) is 11.8 Å². The Morgan fingerprint density at radius 2 is 1.95 bits per heavy atom. The highest BCUT2D eigenvalue weighted by Gasteiger charge is 2.22. The lowest BCUT2D eigenvalue weighted by molar-refractivity contribution is -0.147. The van der Waals surface area contributed by atoms with Crippen molar-refractivity contribution in [3.05, 3.63) is 24.3 Å². The van der Waals surface area contributed by atoms with Crippen molar-refractivity contribution in [1.29, 1.82) is 0 Å². The van der Waals surface area contributed by atoms with Crippen molar-refractivity contribution in [2.45, 2.75) is 24.8 Å². The highest BCUT2D eigenvalue weighted by atomic mass is 32.2. The van der Waals surface area contributed by atoms with Gasteiger partial charge in [0.15, 0.2) is 6.10 Å². The number of aliphatic carboxylic acids is 1. The third-order valence-corrected chi connectivity index (χ3v) is 3.48. The van der Waals surface area contributed by atoms with Gasteiger partial charge in [0.25, 0.3) is 5.91 Å². The number of carbonyl (C=O) groups excluding carboxylic acids is 1. The maximum absolute atomic E-state index is 12.1. The van der Waals surface area contributed by atoms with Crippen LogP contribution in [0.15, 0.2) is 29.2 Å². The predicted octanol–water partition coefficient (Wildman–Crippen LogP) is 2.11. The number of likely N-dealkylation sites (N-methyl/N-ethyl adjacent to an activating group) is 1. The molecule has 1 atom stereocenters. The van der Waals surface area contributed by atoms with Gasteiger partial charge >= 0.3 is 5.97 Å². The van der Waals surface area contributed by atoms with E-state index in [9.17, 15) is 9.59 Å². The molecule has 0 aliphatic heterocycles. The molecule has 0 aliphatic rings. The maximum atomic E-state index is 12.1. The molecule has 5 nitrogen and oxygen atoms in total. The Morgan fingerprint density at radius 1 is 1.35 bits per heavy atom. The molecule has 0 aliphatic carbocycles. The topological polar surface area (TPSA) is 66.8 Å². The molecule has 0 bridgehead atoms. The van der Waals surface area contributed by atoms with Crippen molar-refractivity contribution in [2.24, 2.45) is 0 Å². The minimum Gasteiger partial charge on any atom is -0.481 e. The molecule has 1 unspecified atom stereocenters. The zero-order valence-corrected chi connectivity index (χ0v) is 12.6. The normalized spacial score (nSPS) is 11.8. The van der Waals surface area contributed by atoms with Gasteiger partial charge in [-0.25, -0.2) is 0 Å². The van der Waals surface area contributed by atoms with Crippen molar-refractivity contribution < 1.29 is 19.4 Å². The van der Waals surface area contributed by atoms with Crippen molar-refractivity contribution in [1.82, 2.24) is 4.90 Å². The number of carboxylic acid groups (broad SMARTS) is 1. The zero-order valence-electron chi connectivity index (χ0n) is 11.8. The highest BCUT2D eigenvalue weighted by molar-refractivity contribution is 7.98. The maximum Gasteiger partial charge on any atom is 0.323 e. The fourth-order valence-corrected chi connectivity index (χ4v) is 2.08. The van der Waals surface area contributed by atoms with E-state index in [1.807, 2.05) is 18.4 Å². The Bertz CT molecular complexity index is 461. The number of nitrogens with zero attached hydrogens (tertiary/aromatic N) is 1. The number of rotatable bonds is 7. The van der Waals surface area contributed by atoms with E-state index in [0.29, 0.717) is 12.3 Å². The summed E-state index contributed by atoms with van der Waals surface area (Å²) in [7, 11) is 0. The van der Waals surface area contributed by atoms with Crippen molar-refractivity contribution in [3.8, 4) is 5.75 Å². The van der Waals surface area contributed by atoms with E-state index >= 15 is 0 Å². The highest BCUT2D eigenvalue weighted by Crippen LogP contribution is 2.20. The molecule has 6 heteroatoms. The monoisotopic (exact) mass is 297 g/mol. The van der Waals surface area contributed by atoms with Crippen molar-refractivity contribution in [3.63, 3.8) is 0 Å². The summed E-state index contributed by atoms with van der Waals surface area (Å²) in [5.41, 5.74) is 0. The van der Waals surface area contributed by atoms with Crippen LogP contribution in [-0.2, 0) is 9.59 Å². The molecule has 1 rings (SSSR count). The smallest absolute Gasteiger partial charge is 0.323 e. The van der Waals surface area contributed by atoms with E-state index in [1.165, 1.54) is 4.90 Å². The van der Waals surface area contributed by atoms with Gasteiger partial charge in [-0.05, 0) is 44.4 Å². The number of carboxylic acids is 1. The molecular formula is C14H19NO4S. The third-order valence-electron chi connectivity index (χ3n) is 2.74. The van der Waals surface area contributed by atoms with Crippen LogP contribution in [0.3, 0.4) is 0 Å². The summed E-state index contributed by atoms with van der Waals surface area (Å²) in [6, 6.07) is 7.41. The van der Waals surface area contributed by atoms with E-state index in [4.69, 9.17) is 9.84 Å². The summed E-state index contributed by atoms with van der Waals surface area (Å²) < 4.78 is 5.55. The number of hydrogen-bond acceptors (Lipinski definition) is 4. The first-order valence-electron chi connectivity index (χ1n) is 6.29. The molecule has 0 aromatic heterocycles. The number of amides is 1. The summed E-state index contributed by atoms with van der Waals surface area (Å²) in [5.74, 6) is -0.768. The van der Waals surface area contributed by atoms with Gasteiger partial charge in [-0.1, -0.05) is 0 Å². The van der Waals surface area contributed by atoms with E-state index < -0.39 is 12.1 Å². The van der Waals surface area contributed by atoms with Crippen LogP contribution in [0.4, 0.5) is 0 Å². The Morgan fingerprint density at radius 3 is 2.40 bits per heavy atom. The largest absolute Gasteiger partial charge is 0.481 e. The van der Waals surface area contributed by atoms with Crippen LogP contribution >= 0.6 is 11.8 Å². The molecule has 0 saturated heterocycles. The SMILES string of the molecule is CCN(CC(=O)O)C(=O)C(C)Oc1ccc(SC)cc1. The predicted molar refractivity (Wildman–Crippen MR) is 78.2 cm³/mol. The minimum absolute atomic E-state index is 0.311. The lowest BCUT2D eigenvalue weighted by atomic mass is 10.3. The van der Waals surface area contributed by atoms with Gasteiger partial charge in [0.05, 0.1) is 0 Å². The molecule has 20 heavy (non-hydrogen) atoms. The average Bonchev–Trinajstić information content (AvgIpc) is 2.44. The molecule has 0 spiro atoms. The van der Waals surface area contributed by atoms with Crippen LogP contribution in [0.25, 0.3) is 0 Å². The Hall–Kier alpha value is -1.69. The quantitative estimate of drug-likeness (QED) is 0.781. The summed E-state index contributed by atoms with van der Waals surface area (Å²) in [6.45, 7) is 3.38. The molecule has 1 amide bonds. The molecule has 1 aromatic carbocycles. The van der Waals surface area contributed by atoms with Gasteiger partial charge < -0.3 is 14.7 Å². The first-order chi connectivity index (χ1) is 9.47. The second kappa shape index (κ2) is 7.79. The van der Waals surface area contributed by atoms with Gasteiger partial charge in [-0.3, -0.25) is 9.59 Å². The van der Waals surface area contributed by atoms with Gasteiger partial charge in [-0.2, -0.15) is 0 Å². The Labute approximate surface area is 122 Å². The van der Waals surface area contributed by atoms with Crippen LogP contribution in [0.2, 0.25) is 0 Å². The Kier molecular flexibility index (Phi) is 6.38. The van der Waals surface area contributed by atoms with E-state index in [0.717, 1.165) is 4.90 Å². The van der Waals surface area contributed by atoms with Crippen LogP contribution < -0.4 is 4.74 Å². The summed E-state index contributed by atoms with van der Waals surface area (Å²) in [5, 5.41) is 8.76. The lowest BCUT2D eigenvalue weighted by Gasteiger charge is -2.23. The van der Waals surface area contributed by atoms with E-state index in [-0.39, 0.29) is 12.5 Å². The van der Waals surface area contributed by atoms with Crippen LogP contribution in [0.1, 0.15) is 13.8 Å². The van der Waals surface area contributed by atoms with Crippen molar-refractivity contribution >= 4 is 23.6 Å².